The van der Waals surface area contributed by atoms with Crippen molar-refractivity contribution in [2.45, 2.75) is 60.7 Å². The summed E-state index contributed by atoms with van der Waals surface area (Å²) < 4.78 is 2.32. The number of pyridine rings is 1. The van der Waals surface area contributed by atoms with Crippen LogP contribution in [-0.4, -0.2) is 8.07 Å². The van der Waals surface area contributed by atoms with Crippen LogP contribution < -0.4 is 9.75 Å². The standard InChI is InChI=1S/C22H34NSi/c1-16-10-11-19(17(2)12-16)20-13-21(24(7,8)9)18(15-23(20)6)14-22(3,4)5/h10-13,15H,14H2,1-9H3/q+1. The fourth-order valence-electron chi connectivity index (χ4n) is 3.48. The van der Waals surface area contributed by atoms with Gasteiger partial charge in [-0.25, -0.2) is 4.57 Å². The Bertz CT molecular complexity index is 746. The van der Waals surface area contributed by atoms with Crippen LogP contribution in [0, 0.1) is 19.3 Å². The second-order valence-corrected chi connectivity index (χ2v) is 14.6. The molecule has 1 heterocycles. The van der Waals surface area contributed by atoms with Crippen LogP contribution in [0.1, 0.15) is 37.5 Å². The zero-order valence-electron chi connectivity index (χ0n) is 17.0. The van der Waals surface area contributed by atoms with E-state index < -0.39 is 8.07 Å². The Hall–Kier alpha value is -1.41. The van der Waals surface area contributed by atoms with Gasteiger partial charge in [0.2, 0.25) is 5.69 Å². The van der Waals surface area contributed by atoms with Gasteiger partial charge in [-0.05, 0) is 42.5 Å². The minimum absolute atomic E-state index is 0.308. The van der Waals surface area contributed by atoms with Gasteiger partial charge in [0.1, 0.15) is 7.05 Å². The lowest BCUT2D eigenvalue weighted by molar-refractivity contribution is -0.660. The second kappa shape index (κ2) is 6.48. The highest BCUT2D eigenvalue weighted by atomic mass is 28.3. The Morgan fingerprint density at radius 3 is 2.12 bits per heavy atom. The highest BCUT2D eigenvalue weighted by Gasteiger charge is 2.28. The molecule has 0 atom stereocenters. The van der Waals surface area contributed by atoms with Gasteiger partial charge in [0, 0.05) is 17.2 Å². The topological polar surface area (TPSA) is 3.88 Å². The highest BCUT2D eigenvalue weighted by molar-refractivity contribution is 6.89. The van der Waals surface area contributed by atoms with Crippen molar-refractivity contribution in [3.8, 4) is 11.3 Å². The summed E-state index contributed by atoms with van der Waals surface area (Å²) >= 11 is 0. The molecule has 1 nitrogen and oxygen atoms in total. The normalized spacial score (nSPS) is 12.5. The Labute approximate surface area is 149 Å². The first-order valence-electron chi connectivity index (χ1n) is 8.99. The molecule has 24 heavy (non-hydrogen) atoms. The van der Waals surface area contributed by atoms with Crippen molar-refractivity contribution in [1.29, 1.82) is 0 Å². The fraction of sp³-hybridized carbons (Fsp3) is 0.500. The summed E-state index contributed by atoms with van der Waals surface area (Å²) in [5.41, 5.74) is 7.21. The molecule has 2 rings (SSSR count). The Kier molecular flexibility index (Phi) is 5.10. The zero-order chi connectivity index (χ0) is 18.3. The van der Waals surface area contributed by atoms with Crippen LogP contribution in [0.15, 0.2) is 30.5 Å². The maximum Gasteiger partial charge on any atom is 0.212 e. The largest absolute Gasteiger partial charge is 0.212 e. The summed E-state index contributed by atoms with van der Waals surface area (Å²) in [4.78, 5) is 0. The number of nitrogens with zero attached hydrogens (tertiary/aromatic N) is 1. The van der Waals surface area contributed by atoms with Gasteiger partial charge in [-0.15, -0.1) is 0 Å². The van der Waals surface area contributed by atoms with E-state index >= 15 is 0 Å². The molecule has 0 aliphatic heterocycles. The highest BCUT2D eigenvalue weighted by Crippen LogP contribution is 2.25. The van der Waals surface area contributed by atoms with E-state index in [2.05, 4.69) is 96.3 Å². The molecule has 0 fully saturated rings. The number of rotatable bonds is 3. The molecule has 0 aliphatic rings. The first-order chi connectivity index (χ1) is 10.9. The zero-order valence-corrected chi connectivity index (χ0v) is 18.0. The van der Waals surface area contributed by atoms with Gasteiger partial charge in [0.15, 0.2) is 6.20 Å². The van der Waals surface area contributed by atoms with Crippen molar-refractivity contribution in [2.75, 3.05) is 0 Å². The Balaban J connectivity index is 2.67. The Morgan fingerprint density at radius 1 is 1.00 bits per heavy atom. The van der Waals surface area contributed by atoms with E-state index in [1.54, 1.807) is 5.19 Å². The van der Waals surface area contributed by atoms with Gasteiger partial charge in [-0.1, -0.05) is 58.1 Å². The molecule has 0 saturated heterocycles. The van der Waals surface area contributed by atoms with Crippen LogP contribution >= 0.6 is 0 Å². The summed E-state index contributed by atoms with van der Waals surface area (Å²) in [6, 6.07) is 9.26. The number of hydrogen-bond acceptors (Lipinski definition) is 0. The lowest BCUT2D eigenvalue weighted by atomic mass is 9.88. The molecule has 0 N–H and O–H groups in total. The first-order valence-corrected chi connectivity index (χ1v) is 12.5. The van der Waals surface area contributed by atoms with Crippen molar-refractivity contribution < 1.29 is 4.57 Å². The second-order valence-electron chi connectivity index (χ2n) is 9.51. The van der Waals surface area contributed by atoms with E-state index in [0.717, 1.165) is 6.42 Å². The molecule has 0 amide bonds. The molecule has 1 aromatic carbocycles. The number of aromatic nitrogens is 1. The molecular formula is C22H34NSi+. The molecule has 1 aromatic heterocycles. The summed E-state index contributed by atoms with van der Waals surface area (Å²) in [6.45, 7) is 18.8. The molecule has 2 heteroatoms. The smallest absolute Gasteiger partial charge is 0.201 e. The van der Waals surface area contributed by atoms with Crippen molar-refractivity contribution in [3.05, 3.63) is 47.2 Å². The van der Waals surface area contributed by atoms with Gasteiger partial charge >= 0.3 is 0 Å². The van der Waals surface area contributed by atoms with E-state index in [1.165, 1.54) is 27.9 Å². The summed E-state index contributed by atoms with van der Waals surface area (Å²) in [6.07, 6.45) is 3.51. The number of benzene rings is 1. The van der Waals surface area contributed by atoms with Crippen LogP contribution in [0.3, 0.4) is 0 Å². The predicted octanol–water partition coefficient (Wildman–Crippen LogP) is 4.93. The molecule has 2 aromatic rings. The Morgan fingerprint density at radius 2 is 1.62 bits per heavy atom. The molecule has 130 valence electrons. The van der Waals surface area contributed by atoms with E-state index in [0.29, 0.717) is 5.41 Å². The van der Waals surface area contributed by atoms with Gasteiger partial charge in [0.25, 0.3) is 0 Å². The summed E-state index contributed by atoms with van der Waals surface area (Å²) in [5.74, 6) is 0. The van der Waals surface area contributed by atoms with E-state index in [9.17, 15) is 0 Å². The van der Waals surface area contributed by atoms with Crippen LogP contribution in [-0.2, 0) is 13.5 Å². The van der Waals surface area contributed by atoms with Crippen molar-refractivity contribution in [3.63, 3.8) is 0 Å². The molecule has 0 spiro atoms. The summed E-state index contributed by atoms with van der Waals surface area (Å²) in [7, 11) is 0.783. The van der Waals surface area contributed by atoms with E-state index in [1.807, 2.05) is 0 Å². The summed E-state index contributed by atoms with van der Waals surface area (Å²) in [5, 5.41) is 1.60. The minimum atomic E-state index is -1.41. The molecule has 0 bridgehead atoms. The first kappa shape index (κ1) is 18.9. The number of aryl methyl sites for hydroxylation is 3. The van der Waals surface area contributed by atoms with E-state index in [4.69, 9.17) is 0 Å². The van der Waals surface area contributed by atoms with Crippen molar-refractivity contribution >= 4 is 13.3 Å². The van der Waals surface area contributed by atoms with Gasteiger partial charge in [-0.2, -0.15) is 0 Å². The van der Waals surface area contributed by atoms with Gasteiger partial charge < -0.3 is 0 Å². The maximum absolute atomic E-state index is 2.48. The van der Waals surface area contributed by atoms with Gasteiger partial charge in [0.05, 0.1) is 8.07 Å². The lowest BCUT2D eigenvalue weighted by Crippen LogP contribution is -2.45. The average Bonchev–Trinajstić information content (AvgIpc) is 2.36. The van der Waals surface area contributed by atoms with Gasteiger partial charge in [-0.3, -0.25) is 0 Å². The average molecular weight is 341 g/mol. The van der Waals surface area contributed by atoms with Crippen LogP contribution in [0.25, 0.3) is 11.3 Å². The minimum Gasteiger partial charge on any atom is -0.201 e. The molecule has 0 saturated carbocycles. The molecule has 0 aliphatic carbocycles. The van der Waals surface area contributed by atoms with Crippen LogP contribution in [0.2, 0.25) is 19.6 Å². The predicted molar refractivity (Wildman–Crippen MR) is 109 cm³/mol. The quantitative estimate of drug-likeness (QED) is 0.551. The van der Waals surface area contributed by atoms with Crippen LogP contribution in [0.4, 0.5) is 0 Å². The number of hydrogen-bond donors (Lipinski definition) is 0. The molecule has 0 radical (unpaired) electrons. The lowest BCUT2D eigenvalue weighted by Gasteiger charge is -2.25. The van der Waals surface area contributed by atoms with Crippen LogP contribution in [0.5, 0.6) is 0 Å². The maximum atomic E-state index is 2.48. The van der Waals surface area contributed by atoms with Crippen molar-refractivity contribution in [2.24, 2.45) is 12.5 Å². The SMILES string of the molecule is Cc1ccc(-c2cc([Si](C)(C)C)c(CC(C)(C)C)c[n+]2C)c(C)c1. The van der Waals surface area contributed by atoms with Crippen molar-refractivity contribution in [1.82, 2.24) is 0 Å². The third-order valence-corrected chi connectivity index (χ3v) is 6.62. The molecular weight excluding hydrogens is 306 g/mol. The molecule has 0 unspecified atom stereocenters. The fourth-order valence-corrected chi connectivity index (χ4v) is 5.17. The third kappa shape index (κ3) is 4.35. The van der Waals surface area contributed by atoms with E-state index in [-0.39, 0.29) is 0 Å². The third-order valence-electron chi connectivity index (χ3n) is 4.54. The monoisotopic (exact) mass is 340 g/mol.